The summed E-state index contributed by atoms with van der Waals surface area (Å²) in [6.07, 6.45) is -7.66. The van der Waals surface area contributed by atoms with Crippen molar-refractivity contribution in [2.75, 3.05) is 26.4 Å². The monoisotopic (exact) mass is 1140 g/mol. The van der Waals surface area contributed by atoms with E-state index in [0.29, 0.717) is 26.4 Å². The van der Waals surface area contributed by atoms with Crippen LogP contribution < -0.4 is 0 Å². The summed E-state index contributed by atoms with van der Waals surface area (Å²) in [6.45, 7) is 28.9. The first-order chi connectivity index (χ1) is 39.6. The number of ether oxygens (including phenoxy) is 13. The molecule has 5 heterocycles. The van der Waals surface area contributed by atoms with Crippen LogP contribution in [0.5, 0.6) is 0 Å². The number of azide groups is 1. The van der Waals surface area contributed by atoms with Gasteiger partial charge in [-0.25, -0.2) is 0 Å². The largest absolute Gasteiger partial charge is 0.388 e. The molecule has 17 nitrogen and oxygen atoms in total. The maximum absolute atomic E-state index is 11.9. The molecule has 3 aromatic carbocycles. The fraction of sp³-hybridized carbons (Fsp3) is 0.692. The first-order valence-corrected chi connectivity index (χ1v) is 30.3. The van der Waals surface area contributed by atoms with Gasteiger partial charge in [-0.2, -0.15) is 0 Å². The Morgan fingerprint density at radius 2 is 0.915 bits per heavy atom. The average Bonchev–Trinajstić information content (AvgIpc) is 3.19. The van der Waals surface area contributed by atoms with Crippen LogP contribution in [-0.2, 0) is 81.4 Å². The third-order valence-corrected chi connectivity index (χ3v) is 18.8. The van der Waals surface area contributed by atoms with E-state index in [-0.39, 0.29) is 85.5 Å². The van der Waals surface area contributed by atoms with E-state index < -0.39 is 86.1 Å². The minimum Gasteiger partial charge on any atom is -0.388 e. The van der Waals surface area contributed by atoms with E-state index in [1.54, 1.807) is 6.08 Å². The van der Waals surface area contributed by atoms with Gasteiger partial charge in [0.25, 0.3) is 0 Å². The number of hydrogen-bond acceptors (Lipinski definition) is 15. The summed E-state index contributed by atoms with van der Waals surface area (Å²) in [5, 5.41) is 16.2. The second kappa shape index (κ2) is 31.0. The highest BCUT2D eigenvalue weighted by atomic mass is 16.8. The zero-order valence-corrected chi connectivity index (χ0v) is 50.3. The molecule has 5 fully saturated rings. The molecule has 0 spiro atoms. The summed E-state index contributed by atoms with van der Waals surface area (Å²) in [6, 6.07) is 29.5. The van der Waals surface area contributed by atoms with E-state index in [9.17, 15) is 10.6 Å². The van der Waals surface area contributed by atoms with Crippen LogP contribution in [0, 0.1) is 53.3 Å². The lowest BCUT2D eigenvalue weighted by atomic mass is 9.81. The molecule has 25 atom stereocenters. The Balaban J connectivity index is 1.16. The van der Waals surface area contributed by atoms with Crippen LogP contribution in [-0.4, -0.2) is 130 Å². The van der Waals surface area contributed by atoms with Gasteiger partial charge >= 0.3 is 0 Å². The first-order valence-electron chi connectivity index (χ1n) is 30.3. The molecule has 0 saturated carbocycles. The number of benzene rings is 3. The van der Waals surface area contributed by atoms with Gasteiger partial charge in [-0.1, -0.05) is 178 Å². The van der Waals surface area contributed by atoms with Crippen LogP contribution >= 0.6 is 0 Å². The van der Waals surface area contributed by atoms with Crippen molar-refractivity contribution in [2.24, 2.45) is 58.4 Å². The molecule has 5 aliphatic heterocycles. The predicted octanol–water partition coefficient (Wildman–Crippen LogP) is 11.6. The lowest BCUT2D eigenvalue weighted by molar-refractivity contribution is -0.388. The molecule has 0 amide bonds. The van der Waals surface area contributed by atoms with Crippen molar-refractivity contribution in [3.63, 3.8) is 0 Å². The van der Waals surface area contributed by atoms with Crippen LogP contribution in [0.15, 0.2) is 109 Å². The summed E-state index contributed by atoms with van der Waals surface area (Å²) < 4.78 is 89.8. The molecule has 82 heavy (non-hydrogen) atoms. The van der Waals surface area contributed by atoms with Gasteiger partial charge in [0.15, 0.2) is 31.5 Å². The molecule has 454 valence electrons. The smallest absolute Gasteiger partial charge is 0.185 e. The third-order valence-electron chi connectivity index (χ3n) is 18.8. The van der Waals surface area contributed by atoms with E-state index in [0.717, 1.165) is 29.5 Å². The van der Waals surface area contributed by atoms with Gasteiger partial charge in [0.05, 0.1) is 82.8 Å². The van der Waals surface area contributed by atoms with Crippen LogP contribution in [0.2, 0.25) is 0 Å². The molecular formula is C65H95N3O14. The maximum Gasteiger partial charge on any atom is 0.185 e. The fourth-order valence-corrected chi connectivity index (χ4v) is 12.5. The Kier molecular flexibility index (Phi) is 24.2. The van der Waals surface area contributed by atoms with E-state index in [1.165, 1.54) is 0 Å². The average molecular weight is 1140 g/mol. The van der Waals surface area contributed by atoms with Crippen LogP contribution in [0.25, 0.3) is 10.4 Å². The summed E-state index contributed by atoms with van der Waals surface area (Å²) in [5.41, 5.74) is 13.1. The molecule has 0 aromatic heterocycles. The van der Waals surface area contributed by atoms with E-state index in [4.69, 9.17) is 61.6 Å². The third kappa shape index (κ3) is 15.8. The Hall–Kier alpha value is -3.85. The predicted molar refractivity (Wildman–Crippen MR) is 309 cm³/mol. The van der Waals surface area contributed by atoms with Crippen molar-refractivity contribution < 1.29 is 66.7 Å². The highest BCUT2D eigenvalue weighted by molar-refractivity contribution is 5.15. The highest BCUT2D eigenvalue weighted by Gasteiger charge is 2.55. The highest BCUT2D eigenvalue weighted by Crippen LogP contribution is 2.44. The first kappa shape index (κ1) is 64.2. The fourth-order valence-electron chi connectivity index (χ4n) is 12.5. The lowest BCUT2D eigenvalue weighted by Crippen LogP contribution is -2.64. The summed E-state index contributed by atoms with van der Waals surface area (Å²) in [4.78, 5) is 3.29. The van der Waals surface area contributed by atoms with E-state index in [1.807, 2.05) is 92.7 Å². The summed E-state index contributed by atoms with van der Waals surface area (Å²) in [5.74, 6) is -0.836. The van der Waals surface area contributed by atoms with Gasteiger partial charge in [-0.05, 0) is 82.4 Å². The van der Waals surface area contributed by atoms with Gasteiger partial charge in [0, 0.05) is 10.8 Å². The second-order valence-corrected chi connectivity index (χ2v) is 24.0. The minimum absolute atomic E-state index is 0.0304. The van der Waals surface area contributed by atoms with Crippen LogP contribution in [0.3, 0.4) is 0 Å². The molecule has 3 aromatic rings. The maximum atomic E-state index is 11.9. The van der Waals surface area contributed by atoms with Gasteiger partial charge in [0.1, 0.15) is 30.5 Å². The molecule has 0 bridgehead atoms. The van der Waals surface area contributed by atoms with Gasteiger partial charge in [-0.3, -0.25) is 0 Å². The SMILES string of the molecule is C=CCO[C@H]1OC(CO[C@@H]2OC(COCc3ccccc3)[C@@H](C)[C@H](C)C2O)[C@@H](O[C@@H]2OC(COCc3ccccc3)[C@@H](C)[C@H](C)C2O[C@@H]2OC(CC)[C@@H](C)[C@H](C)C2N=[N+]=[N-])[C@H](O[C@@H]2OC(CC)[C@@H](C)[C@H](C)C2OCc2ccccc2)C1C. The van der Waals surface area contributed by atoms with Crippen molar-refractivity contribution in [3.8, 4) is 0 Å². The molecule has 1 N–H and O–H groups in total. The second-order valence-electron chi connectivity index (χ2n) is 24.0. The molecule has 5 aliphatic rings. The van der Waals surface area contributed by atoms with Crippen LogP contribution in [0.1, 0.15) is 106 Å². The van der Waals surface area contributed by atoms with Crippen molar-refractivity contribution in [1.29, 1.82) is 0 Å². The molecule has 0 radical (unpaired) electrons. The van der Waals surface area contributed by atoms with Crippen molar-refractivity contribution in [2.45, 2.75) is 207 Å². The lowest BCUT2D eigenvalue weighted by Gasteiger charge is -2.52. The molecule has 0 aliphatic carbocycles. The zero-order valence-electron chi connectivity index (χ0n) is 50.3. The van der Waals surface area contributed by atoms with Gasteiger partial charge < -0.3 is 66.7 Å². The molecule has 10 unspecified atom stereocenters. The molecule has 5 saturated heterocycles. The number of aliphatic hydroxyl groups excluding tert-OH is 1. The van der Waals surface area contributed by atoms with Crippen molar-refractivity contribution in [3.05, 3.63) is 131 Å². The van der Waals surface area contributed by atoms with Gasteiger partial charge in [0.2, 0.25) is 0 Å². The summed E-state index contributed by atoms with van der Waals surface area (Å²) in [7, 11) is 0. The summed E-state index contributed by atoms with van der Waals surface area (Å²) >= 11 is 0. The Morgan fingerprint density at radius 3 is 1.48 bits per heavy atom. The number of hydrogen-bond donors (Lipinski definition) is 1. The number of aliphatic hydroxyl groups is 1. The molecular weight excluding hydrogens is 1050 g/mol. The van der Waals surface area contributed by atoms with E-state index in [2.05, 4.69) is 91.1 Å². The van der Waals surface area contributed by atoms with Gasteiger partial charge in [-0.15, -0.1) is 6.58 Å². The standard InChI is InChI=1S/C65H95N3O14/c1-13-31-72-61-46(12)57(80-64-58(44(10)40(6)51(15-3)76-64)73-34-49-29-23-18-24-30-49)60(54(79-61)37-74-63-56(69)43(9)39(5)52(77-63)35-70-32-47-25-19-16-20-26-47)82-65-59(81-62-55(67-68-66)42(8)38(4)50(14-2)75-62)45(11)41(7)53(78-65)36-71-33-48-27-21-17-22-28-48/h13,16-30,38-46,50-65,69H,1,14-15,31-37H2,2-12H3/t38-,39-,40-,41-,42-,43-,44-,45-,46?,50?,51?,52?,53?,54?,55?,56?,57+,58?,59?,60+,61-,62-,63+,64-,65-/m0/s1. The number of nitrogens with zero attached hydrogens (tertiary/aromatic N) is 3. The number of rotatable bonds is 26. The Labute approximate surface area is 487 Å². The van der Waals surface area contributed by atoms with E-state index >= 15 is 0 Å². The van der Waals surface area contributed by atoms with Crippen molar-refractivity contribution >= 4 is 0 Å². The molecule has 8 rings (SSSR count). The normalized spacial score (nSPS) is 39.7. The molecule has 17 heteroatoms. The van der Waals surface area contributed by atoms with Crippen molar-refractivity contribution in [1.82, 2.24) is 0 Å². The topological polar surface area (TPSA) is 189 Å². The zero-order chi connectivity index (χ0) is 58.5. The quantitative estimate of drug-likeness (QED) is 0.0346. The Bertz CT molecular complexity index is 2390. The minimum atomic E-state index is -1.09. The Morgan fingerprint density at radius 1 is 0.463 bits per heavy atom. The van der Waals surface area contributed by atoms with Crippen LogP contribution in [0.4, 0.5) is 0 Å².